The molecule has 0 unspecified atom stereocenters. The van der Waals surface area contributed by atoms with E-state index >= 15 is 0 Å². The molecular formula is C34H30N2O2. The summed E-state index contributed by atoms with van der Waals surface area (Å²) in [5.74, 6) is 0.263. The van der Waals surface area contributed by atoms with Gasteiger partial charge in [-0.1, -0.05) is 109 Å². The maximum atomic E-state index is 13.2. The zero-order chi connectivity index (χ0) is 26.2. The molecule has 0 radical (unpaired) electrons. The minimum absolute atomic E-state index is 0.140. The van der Waals surface area contributed by atoms with Gasteiger partial charge < -0.3 is 4.74 Å². The van der Waals surface area contributed by atoms with Gasteiger partial charge in [0, 0.05) is 0 Å². The molecule has 1 amide bonds. The number of rotatable bonds is 9. The molecule has 0 aliphatic rings. The summed E-state index contributed by atoms with van der Waals surface area (Å²) in [6.07, 6.45) is 2.26. The summed E-state index contributed by atoms with van der Waals surface area (Å²) < 4.78 is 6.09. The van der Waals surface area contributed by atoms with Crippen LogP contribution >= 0.6 is 0 Å². The molecule has 0 aliphatic heterocycles. The minimum atomic E-state index is -0.343. The van der Waals surface area contributed by atoms with Crippen LogP contribution in [0.4, 0.5) is 0 Å². The topological polar surface area (TPSA) is 50.7 Å². The molecule has 5 rings (SSSR count). The number of aryl methyl sites for hydroxylation is 1. The summed E-state index contributed by atoms with van der Waals surface area (Å²) in [5.41, 5.74) is 8.02. The summed E-state index contributed by atoms with van der Waals surface area (Å²) in [7, 11) is 0. The van der Waals surface area contributed by atoms with Crippen molar-refractivity contribution < 1.29 is 9.53 Å². The Kier molecular flexibility index (Phi) is 7.90. The fourth-order valence-corrected chi connectivity index (χ4v) is 4.62. The van der Waals surface area contributed by atoms with Crippen LogP contribution in [0.3, 0.4) is 0 Å². The Balaban J connectivity index is 1.25. The lowest BCUT2D eigenvalue weighted by Crippen LogP contribution is -2.27. The van der Waals surface area contributed by atoms with Crippen LogP contribution in [-0.4, -0.2) is 12.1 Å². The van der Waals surface area contributed by atoms with Crippen molar-refractivity contribution in [3.63, 3.8) is 0 Å². The SMILES string of the molecule is Cc1ccccc1C[C@@H](C(=O)N/N=C\c1cccc(OCc2cccc3ccccc23)c1)c1ccccc1. The Hall–Kier alpha value is -4.70. The van der Waals surface area contributed by atoms with Crippen molar-refractivity contribution in [3.05, 3.63) is 149 Å². The molecule has 38 heavy (non-hydrogen) atoms. The highest BCUT2D eigenvalue weighted by atomic mass is 16.5. The zero-order valence-corrected chi connectivity index (χ0v) is 21.4. The van der Waals surface area contributed by atoms with Crippen molar-refractivity contribution >= 4 is 22.9 Å². The van der Waals surface area contributed by atoms with Crippen molar-refractivity contribution in [1.82, 2.24) is 5.43 Å². The lowest BCUT2D eigenvalue weighted by atomic mass is 9.90. The second-order valence-electron chi connectivity index (χ2n) is 9.33. The molecule has 0 bridgehead atoms. The first kappa shape index (κ1) is 25.0. The Morgan fingerprint density at radius 1 is 0.816 bits per heavy atom. The highest BCUT2D eigenvalue weighted by Crippen LogP contribution is 2.24. The molecule has 1 atom stereocenters. The Labute approximate surface area is 223 Å². The third kappa shape index (κ3) is 6.16. The van der Waals surface area contributed by atoms with Crippen LogP contribution in [0.1, 0.15) is 33.7 Å². The molecule has 0 spiro atoms. The van der Waals surface area contributed by atoms with E-state index in [9.17, 15) is 4.79 Å². The summed E-state index contributed by atoms with van der Waals surface area (Å²) >= 11 is 0. The van der Waals surface area contributed by atoms with Gasteiger partial charge in [-0.25, -0.2) is 5.43 Å². The van der Waals surface area contributed by atoms with E-state index in [1.54, 1.807) is 6.21 Å². The fourth-order valence-electron chi connectivity index (χ4n) is 4.62. The third-order valence-electron chi connectivity index (χ3n) is 6.72. The Bertz CT molecular complexity index is 1550. The number of hydrogen-bond donors (Lipinski definition) is 1. The molecular weight excluding hydrogens is 468 g/mol. The van der Waals surface area contributed by atoms with Gasteiger partial charge in [0.1, 0.15) is 12.4 Å². The summed E-state index contributed by atoms with van der Waals surface area (Å²) in [6.45, 7) is 2.54. The van der Waals surface area contributed by atoms with Crippen LogP contribution in [0.25, 0.3) is 10.8 Å². The molecule has 0 saturated carbocycles. The lowest BCUT2D eigenvalue weighted by Gasteiger charge is -2.17. The van der Waals surface area contributed by atoms with Crippen LogP contribution in [-0.2, 0) is 17.8 Å². The number of ether oxygens (including phenoxy) is 1. The largest absolute Gasteiger partial charge is 0.489 e. The quantitative estimate of drug-likeness (QED) is 0.173. The number of fused-ring (bicyclic) bond motifs is 1. The van der Waals surface area contributed by atoms with E-state index in [1.165, 1.54) is 16.3 Å². The van der Waals surface area contributed by atoms with E-state index in [-0.39, 0.29) is 11.8 Å². The average Bonchev–Trinajstić information content (AvgIpc) is 2.96. The molecule has 5 aromatic rings. The first-order chi connectivity index (χ1) is 18.7. The summed E-state index contributed by atoms with van der Waals surface area (Å²) in [6, 6.07) is 40.3. The molecule has 188 valence electrons. The van der Waals surface area contributed by atoms with Crippen molar-refractivity contribution in [2.45, 2.75) is 25.9 Å². The van der Waals surface area contributed by atoms with Crippen LogP contribution in [0.15, 0.2) is 126 Å². The number of nitrogens with one attached hydrogen (secondary N) is 1. The van der Waals surface area contributed by atoms with Gasteiger partial charge in [0.2, 0.25) is 5.91 Å². The van der Waals surface area contributed by atoms with Gasteiger partial charge in [-0.15, -0.1) is 0 Å². The number of nitrogens with zero attached hydrogens (tertiary/aromatic N) is 1. The highest BCUT2D eigenvalue weighted by Gasteiger charge is 2.21. The van der Waals surface area contributed by atoms with Gasteiger partial charge in [0.05, 0.1) is 12.1 Å². The molecule has 0 saturated heterocycles. The highest BCUT2D eigenvalue weighted by molar-refractivity contribution is 5.87. The van der Waals surface area contributed by atoms with Crippen molar-refractivity contribution in [1.29, 1.82) is 0 Å². The molecule has 5 aromatic carbocycles. The van der Waals surface area contributed by atoms with Crippen LogP contribution in [0.5, 0.6) is 5.75 Å². The molecule has 0 aliphatic carbocycles. The molecule has 1 N–H and O–H groups in total. The van der Waals surface area contributed by atoms with Crippen molar-refractivity contribution in [2.75, 3.05) is 0 Å². The van der Waals surface area contributed by atoms with Gasteiger partial charge in [-0.2, -0.15) is 5.10 Å². The van der Waals surface area contributed by atoms with E-state index in [4.69, 9.17) is 4.74 Å². The van der Waals surface area contributed by atoms with E-state index in [1.807, 2.05) is 78.9 Å². The monoisotopic (exact) mass is 498 g/mol. The minimum Gasteiger partial charge on any atom is -0.489 e. The molecule has 0 aromatic heterocycles. The van der Waals surface area contributed by atoms with Crippen LogP contribution in [0.2, 0.25) is 0 Å². The number of hydrogen-bond acceptors (Lipinski definition) is 3. The van der Waals surface area contributed by atoms with Crippen molar-refractivity contribution in [3.8, 4) is 5.75 Å². The molecule has 0 fully saturated rings. The number of carbonyl (C=O) groups excluding carboxylic acids is 1. The lowest BCUT2D eigenvalue weighted by molar-refractivity contribution is -0.122. The standard InChI is InChI=1S/C34H30N2O2/c1-25-11-5-6-16-29(25)22-33(28-13-3-2-4-14-28)34(37)36-35-23-26-12-9-19-31(21-26)38-24-30-18-10-17-27-15-7-8-20-32(27)30/h2-21,23,33H,22,24H2,1H3,(H,36,37)/b35-23-/t33-/m1/s1. The van der Waals surface area contributed by atoms with Gasteiger partial charge in [0.25, 0.3) is 0 Å². The number of amides is 1. The second kappa shape index (κ2) is 12.0. The maximum Gasteiger partial charge on any atom is 0.247 e. The fraction of sp³-hybridized carbons (Fsp3) is 0.118. The van der Waals surface area contributed by atoms with Gasteiger partial charge in [0.15, 0.2) is 0 Å². The Morgan fingerprint density at radius 3 is 2.39 bits per heavy atom. The van der Waals surface area contributed by atoms with E-state index in [0.717, 1.165) is 28.0 Å². The normalized spacial score (nSPS) is 11.9. The number of carbonyl (C=O) groups is 1. The van der Waals surface area contributed by atoms with E-state index in [0.29, 0.717) is 13.0 Å². The summed E-state index contributed by atoms with van der Waals surface area (Å²) in [4.78, 5) is 13.2. The molecule has 0 heterocycles. The third-order valence-corrected chi connectivity index (χ3v) is 6.72. The van der Waals surface area contributed by atoms with Gasteiger partial charge in [-0.3, -0.25) is 4.79 Å². The maximum absolute atomic E-state index is 13.2. The molecule has 4 heteroatoms. The predicted octanol–water partition coefficient (Wildman–Crippen LogP) is 7.20. The van der Waals surface area contributed by atoms with Crippen molar-refractivity contribution in [2.24, 2.45) is 5.10 Å². The van der Waals surface area contributed by atoms with E-state index < -0.39 is 0 Å². The van der Waals surface area contributed by atoms with E-state index in [2.05, 4.69) is 59.9 Å². The second-order valence-corrected chi connectivity index (χ2v) is 9.33. The molecule has 4 nitrogen and oxygen atoms in total. The predicted molar refractivity (Wildman–Crippen MR) is 155 cm³/mol. The van der Waals surface area contributed by atoms with Gasteiger partial charge >= 0.3 is 0 Å². The Morgan fingerprint density at radius 2 is 1.53 bits per heavy atom. The smallest absolute Gasteiger partial charge is 0.247 e. The van der Waals surface area contributed by atoms with Gasteiger partial charge in [-0.05, 0) is 64.1 Å². The van der Waals surface area contributed by atoms with Crippen LogP contribution < -0.4 is 10.2 Å². The first-order valence-corrected chi connectivity index (χ1v) is 12.8. The summed E-state index contributed by atoms with van der Waals surface area (Å²) in [5, 5.41) is 6.66. The van der Waals surface area contributed by atoms with Crippen LogP contribution in [0, 0.1) is 6.92 Å². The first-order valence-electron chi connectivity index (χ1n) is 12.8. The number of benzene rings is 5. The number of hydrazone groups is 1. The average molecular weight is 499 g/mol. The zero-order valence-electron chi connectivity index (χ0n) is 21.4.